The lowest BCUT2D eigenvalue weighted by atomic mass is 10.1. The van der Waals surface area contributed by atoms with Crippen molar-refractivity contribution >= 4 is 34.5 Å². The van der Waals surface area contributed by atoms with Crippen molar-refractivity contribution in [2.24, 2.45) is 10.8 Å². The van der Waals surface area contributed by atoms with Crippen LogP contribution < -0.4 is 10.5 Å². The topological polar surface area (TPSA) is 118 Å². The lowest BCUT2D eigenvalue weighted by molar-refractivity contribution is 0.0998. The van der Waals surface area contributed by atoms with E-state index in [0.29, 0.717) is 15.6 Å². The molecular weight excluding hydrogens is 436 g/mol. The molecule has 1 amide bonds. The molecule has 31 heavy (non-hydrogen) atoms. The molecule has 0 bridgehead atoms. The summed E-state index contributed by atoms with van der Waals surface area (Å²) in [5.74, 6) is -0.185. The number of benzene rings is 1. The number of pyridine rings is 1. The minimum absolute atomic E-state index is 0.227. The lowest BCUT2D eigenvalue weighted by Crippen LogP contribution is -2.12. The third-order valence-electron chi connectivity index (χ3n) is 4.70. The van der Waals surface area contributed by atoms with Gasteiger partial charge in [0.15, 0.2) is 0 Å². The van der Waals surface area contributed by atoms with Crippen molar-refractivity contribution in [2.45, 2.75) is 19.6 Å². The van der Waals surface area contributed by atoms with E-state index >= 15 is 0 Å². The number of carbonyl (C=O) groups excluding carboxylic acids is 1. The van der Waals surface area contributed by atoms with Crippen LogP contribution in [0.25, 0.3) is 26.7 Å². The van der Waals surface area contributed by atoms with Crippen molar-refractivity contribution in [3.63, 3.8) is 0 Å². The van der Waals surface area contributed by atoms with Gasteiger partial charge in [-0.1, -0.05) is 41.0 Å². The number of aromatic nitrogens is 2. The summed E-state index contributed by atoms with van der Waals surface area (Å²) >= 11 is 7.51. The van der Waals surface area contributed by atoms with Crippen molar-refractivity contribution in [1.29, 1.82) is 0 Å². The number of nitrogens with two attached hydrogens (primary N) is 1. The maximum absolute atomic E-state index is 12.1. The monoisotopic (exact) mass is 452 g/mol. The van der Waals surface area contributed by atoms with Crippen molar-refractivity contribution in [1.82, 2.24) is 9.38 Å². The molecule has 4 aromatic rings. The number of carbonyl (C=O) groups is 1. The van der Waals surface area contributed by atoms with Crippen molar-refractivity contribution in [2.75, 3.05) is 0 Å². The molecule has 0 unspecified atom stereocenters. The molecule has 0 aliphatic carbocycles. The molecule has 0 fully saturated rings. The second kappa shape index (κ2) is 8.69. The van der Waals surface area contributed by atoms with Gasteiger partial charge in [0, 0.05) is 27.8 Å². The van der Waals surface area contributed by atoms with E-state index in [2.05, 4.69) is 15.0 Å². The summed E-state index contributed by atoms with van der Waals surface area (Å²) in [6.07, 6.45) is 3.18. The molecule has 0 aliphatic rings. The lowest BCUT2D eigenvalue weighted by Gasteiger charge is -2.16. The average Bonchev–Trinajstić information content (AvgIpc) is 3.36. The molecule has 0 radical (unpaired) electrons. The van der Waals surface area contributed by atoms with Gasteiger partial charge < -0.3 is 10.5 Å². The Bertz CT molecular complexity index is 1320. The number of nitrogens with zero attached hydrogens (tertiary/aromatic N) is 5. The fraction of sp³-hybridized carbons (Fsp3) is 0.143. The molecule has 3 heterocycles. The first-order valence-corrected chi connectivity index (χ1v) is 10.5. The maximum Gasteiger partial charge on any atom is 0.262 e. The first-order valence-electron chi connectivity index (χ1n) is 9.30. The highest BCUT2D eigenvalue weighted by atomic mass is 35.5. The number of primary amides is 1. The number of ether oxygens (including phenoxy) is 1. The molecule has 10 heteroatoms. The standard InChI is InChI=1S/C21H17ClN6O2S/c1-12(14-4-2-3-5-15(14)22)30-17-8-18(31-20(17)21(23)29)16-10-25-19-7-6-13(9-26-27-24)11-28(16)19/h2-8,10-12H,9H2,1H3,(H2,23,29)/t12-/m1/s1. The molecular formula is C21H17ClN6O2S. The van der Waals surface area contributed by atoms with E-state index in [-0.39, 0.29) is 12.6 Å². The number of azide groups is 1. The first kappa shape index (κ1) is 20.7. The molecule has 2 N–H and O–H groups in total. The largest absolute Gasteiger partial charge is 0.484 e. The Morgan fingerprint density at radius 1 is 1.39 bits per heavy atom. The Morgan fingerprint density at radius 3 is 2.94 bits per heavy atom. The summed E-state index contributed by atoms with van der Waals surface area (Å²) in [5.41, 5.74) is 17.3. The van der Waals surface area contributed by atoms with Gasteiger partial charge in [0.25, 0.3) is 5.91 Å². The Hall–Kier alpha value is -3.52. The highest BCUT2D eigenvalue weighted by Crippen LogP contribution is 2.39. The highest BCUT2D eigenvalue weighted by molar-refractivity contribution is 7.17. The third-order valence-corrected chi connectivity index (χ3v) is 6.20. The van der Waals surface area contributed by atoms with Crippen molar-refractivity contribution in [3.8, 4) is 16.3 Å². The predicted octanol–water partition coefficient (Wildman–Crippen LogP) is 5.77. The normalized spacial score (nSPS) is 11.8. The van der Waals surface area contributed by atoms with Crippen LogP contribution >= 0.6 is 22.9 Å². The molecule has 1 atom stereocenters. The zero-order valence-corrected chi connectivity index (χ0v) is 18.0. The van der Waals surface area contributed by atoms with Gasteiger partial charge in [-0.3, -0.25) is 9.20 Å². The highest BCUT2D eigenvalue weighted by Gasteiger charge is 2.21. The van der Waals surface area contributed by atoms with E-state index in [1.54, 1.807) is 18.3 Å². The van der Waals surface area contributed by atoms with Gasteiger partial charge >= 0.3 is 0 Å². The summed E-state index contributed by atoms with van der Waals surface area (Å²) in [4.78, 5) is 20.4. The van der Waals surface area contributed by atoms with Gasteiger partial charge in [0.05, 0.1) is 23.3 Å². The Balaban J connectivity index is 1.73. The molecule has 0 saturated carbocycles. The Kier molecular flexibility index (Phi) is 5.81. The van der Waals surface area contributed by atoms with E-state index in [0.717, 1.165) is 27.3 Å². The van der Waals surface area contributed by atoms with Gasteiger partial charge in [-0.05, 0) is 30.2 Å². The molecule has 0 aliphatic heterocycles. The third kappa shape index (κ3) is 4.20. The van der Waals surface area contributed by atoms with Crippen LogP contribution in [0, 0.1) is 0 Å². The van der Waals surface area contributed by atoms with Crippen LogP contribution in [0.3, 0.4) is 0 Å². The van der Waals surface area contributed by atoms with Crippen LogP contribution in [0.15, 0.2) is 60.0 Å². The van der Waals surface area contributed by atoms with Crippen molar-refractivity contribution in [3.05, 3.63) is 86.3 Å². The molecule has 3 aromatic heterocycles. The number of fused-ring (bicyclic) bond motifs is 1. The van der Waals surface area contributed by atoms with Crippen LogP contribution in [0.4, 0.5) is 0 Å². The first-order chi connectivity index (χ1) is 15.0. The van der Waals surface area contributed by atoms with Gasteiger partial charge in [-0.15, -0.1) is 11.3 Å². The molecule has 1 aromatic carbocycles. The summed E-state index contributed by atoms with van der Waals surface area (Å²) in [6, 6.07) is 12.9. The maximum atomic E-state index is 12.1. The number of hydrogen-bond acceptors (Lipinski definition) is 5. The van der Waals surface area contributed by atoms with Crippen LogP contribution in [-0.4, -0.2) is 15.3 Å². The Labute approximate surface area is 186 Å². The number of imidazole rings is 1. The SMILES string of the molecule is C[C@@H](Oc1cc(-c2cnc3ccc(CN=[N+]=[N-])cn23)sc1C(N)=O)c1ccccc1Cl. The van der Waals surface area contributed by atoms with Gasteiger partial charge in [0.1, 0.15) is 22.4 Å². The second-order valence-electron chi connectivity index (χ2n) is 6.75. The number of rotatable bonds is 7. The summed E-state index contributed by atoms with van der Waals surface area (Å²) in [7, 11) is 0. The fourth-order valence-electron chi connectivity index (χ4n) is 3.23. The van der Waals surface area contributed by atoms with E-state index < -0.39 is 5.91 Å². The molecule has 0 saturated heterocycles. The molecule has 4 rings (SSSR count). The van der Waals surface area contributed by atoms with Gasteiger partial charge in [-0.25, -0.2) is 4.98 Å². The molecule has 0 spiro atoms. The second-order valence-corrected chi connectivity index (χ2v) is 8.21. The summed E-state index contributed by atoms with van der Waals surface area (Å²) in [6.45, 7) is 2.09. The molecule has 8 nitrogen and oxygen atoms in total. The van der Waals surface area contributed by atoms with E-state index in [9.17, 15) is 4.79 Å². The molecule has 156 valence electrons. The minimum atomic E-state index is -0.574. The van der Waals surface area contributed by atoms with E-state index in [1.807, 2.05) is 47.9 Å². The number of amides is 1. The predicted molar refractivity (Wildman–Crippen MR) is 120 cm³/mol. The van der Waals surface area contributed by atoms with E-state index in [1.165, 1.54) is 11.3 Å². The zero-order valence-electron chi connectivity index (χ0n) is 16.4. The van der Waals surface area contributed by atoms with Crippen LogP contribution in [0.2, 0.25) is 5.02 Å². The van der Waals surface area contributed by atoms with Crippen LogP contribution in [0.5, 0.6) is 5.75 Å². The van der Waals surface area contributed by atoms with Crippen LogP contribution in [-0.2, 0) is 6.54 Å². The quantitative estimate of drug-likeness (QED) is 0.218. The van der Waals surface area contributed by atoms with Crippen LogP contribution in [0.1, 0.15) is 33.8 Å². The van der Waals surface area contributed by atoms with Gasteiger partial charge in [0.2, 0.25) is 0 Å². The number of hydrogen-bond donors (Lipinski definition) is 1. The number of halogens is 1. The number of thiophene rings is 1. The Morgan fingerprint density at radius 2 is 2.19 bits per heavy atom. The zero-order chi connectivity index (χ0) is 22.0. The minimum Gasteiger partial charge on any atom is -0.484 e. The van der Waals surface area contributed by atoms with Gasteiger partial charge in [-0.2, -0.15) is 0 Å². The summed E-state index contributed by atoms with van der Waals surface area (Å²) in [5, 5.41) is 4.19. The fourth-order valence-corrected chi connectivity index (χ4v) is 4.47. The smallest absolute Gasteiger partial charge is 0.262 e. The van der Waals surface area contributed by atoms with E-state index in [4.69, 9.17) is 27.6 Å². The summed E-state index contributed by atoms with van der Waals surface area (Å²) < 4.78 is 7.96. The average molecular weight is 453 g/mol. The van der Waals surface area contributed by atoms with Crippen molar-refractivity contribution < 1.29 is 9.53 Å².